The summed E-state index contributed by atoms with van der Waals surface area (Å²) in [5, 5.41) is 50.1. The Bertz CT molecular complexity index is 1310. The Labute approximate surface area is 196 Å². The monoisotopic (exact) mass is 456 g/mol. The summed E-state index contributed by atoms with van der Waals surface area (Å²) in [5.74, 6) is 0.478. The Balaban J connectivity index is 1.60. The zero-order chi connectivity index (χ0) is 23.8. The number of hydrogen-bond donors (Lipinski definition) is 5. The SMILES string of the molecule is Oc1ccc(CCc2cc(O)cc3c2C(c2cc(O)cc(O)c2)C(c2ccc(O)cc2)O3)cc1. The van der Waals surface area contributed by atoms with Crippen molar-refractivity contribution in [3.05, 3.63) is 107 Å². The summed E-state index contributed by atoms with van der Waals surface area (Å²) in [6.45, 7) is 0. The predicted octanol–water partition coefficient (Wildman–Crippen LogP) is 5.27. The summed E-state index contributed by atoms with van der Waals surface area (Å²) in [7, 11) is 0. The molecule has 0 amide bonds. The molecule has 1 aliphatic rings. The Kier molecular flexibility index (Phi) is 5.42. The first kappa shape index (κ1) is 21.5. The molecular formula is C28H24O6. The number of phenolic OH excluding ortho intramolecular Hbond substituents is 5. The third kappa shape index (κ3) is 4.18. The second-order valence-corrected chi connectivity index (χ2v) is 8.57. The molecule has 6 nitrogen and oxygen atoms in total. The standard InChI is InChI=1S/C28H24O6/c29-20-7-2-16(3-8-20)1-4-18-11-24(33)15-25-26(18)27(19-12-22(31)14-23(32)13-19)28(34-25)17-5-9-21(30)10-6-17/h2-3,5-15,27-33H,1,4H2. The van der Waals surface area contributed by atoms with Crippen molar-refractivity contribution in [1.82, 2.24) is 0 Å². The lowest BCUT2D eigenvalue weighted by molar-refractivity contribution is 0.221. The van der Waals surface area contributed by atoms with Crippen LogP contribution in [0.3, 0.4) is 0 Å². The minimum absolute atomic E-state index is 0.0580. The van der Waals surface area contributed by atoms with Gasteiger partial charge in [-0.05, 0) is 77.6 Å². The molecule has 0 saturated carbocycles. The molecule has 0 spiro atoms. The number of fused-ring (bicyclic) bond motifs is 1. The van der Waals surface area contributed by atoms with Gasteiger partial charge in [-0.15, -0.1) is 0 Å². The maximum atomic E-state index is 10.4. The number of phenols is 5. The molecule has 172 valence electrons. The molecule has 1 aliphatic heterocycles. The molecular weight excluding hydrogens is 432 g/mol. The van der Waals surface area contributed by atoms with Gasteiger partial charge in [0, 0.05) is 17.7 Å². The number of hydrogen-bond acceptors (Lipinski definition) is 6. The van der Waals surface area contributed by atoms with E-state index in [9.17, 15) is 25.5 Å². The highest BCUT2D eigenvalue weighted by atomic mass is 16.5. The van der Waals surface area contributed by atoms with Gasteiger partial charge in [0.2, 0.25) is 0 Å². The van der Waals surface area contributed by atoms with Crippen molar-refractivity contribution in [3.63, 3.8) is 0 Å². The van der Waals surface area contributed by atoms with Crippen LogP contribution in [-0.4, -0.2) is 25.5 Å². The zero-order valence-corrected chi connectivity index (χ0v) is 18.2. The van der Waals surface area contributed by atoms with Crippen LogP contribution >= 0.6 is 0 Å². The molecule has 2 unspecified atom stereocenters. The fraction of sp³-hybridized carbons (Fsp3) is 0.143. The summed E-state index contributed by atoms with van der Waals surface area (Å²) in [6.07, 6.45) is 0.790. The molecule has 5 N–H and O–H groups in total. The maximum Gasteiger partial charge on any atom is 0.135 e. The van der Waals surface area contributed by atoms with Gasteiger partial charge < -0.3 is 30.3 Å². The number of aromatic hydroxyl groups is 5. The second-order valence-electron chi connectivity index (χ2n) is 8.57. The molecule has 34 heavy (non-hydrogen) atoms. The minimum Gasteiger partial charge on any atom is -0.508 e. The van der Waals surface area contributed by atoms with Crippen molar-refractivity contribution >= 4 is 0 Å². The Morgan fingerprint density at radius 2 is 1.15 bits per heavy atom. The number of rotatable bonds is 5. The second kappa shape index (κ2) is 8.56. The van der Waals surface area contributed by atoms with Crippen molar-refractivity contribution in [2.24, 2.45) is 0 Å². The normalized spacial score (nSPS) is 16.7. The van der Waals surface area contributed by atoms with Crippen LogP contribution < -0.4 is 4.74 Å². The average Bonchev–Trinajstić information content (AvgIpc) is 3.17. The first-order valence-corrected chi connectivity index (χ1v) is 11.0. The van der Waals surface area contributed by atoms with Crippen LogP contribution in [0.15, 0.2) is 78.9 Å². The number of benzene rings is 4. The van der Waals surface area contributed by atoms with Crippen LogP contribution in [0.25, 0.3) is 0 Å². The van der Waals surface area contributed by atoms with E-state index in [4.69, 9.17) is 4.74 Å². The fourth-order valence-electron chi connectivity index (χ4n) is 4.69. The van der Waals surface area contributed by atoms with Gasteiger partial charge in [-0.1, -0.05) is 24.3 Å². The summed E-state index contributed by atoms with van der Waals surface area (Å²) in [6, 6.07) is 21.5. The van der Waals surface area contributed by atoms with Gasteiger partial charge in [0.15, 0.2) is 0 Å². The average molecular weight is 456 g/mol. The molecule has 5 rings (SSSR count). The van der Waals surface area contributed by atoms with E-state index in [1.807, 2.05) is 12.1 Å². The smallest absolute Gasteiger partial charge is 0.135 e. The van der Waals surface area contributed by atoms with E-state index in [-0.39, 0.29) is 34.7 Å². The molecule has 0 saturated heterocycles. The Morgan fingerprint density at radius 1 is 0.559 bits per heavy atom. The lowest BCUT2D eigenvalue weighted by atomic mass is 9.81. The fourth-order valence-corrected chi connectivity index (χ4v) is 4.69. The van der Waals surface area contributed by atoms with Gasteiger partial charge in [0.1, 0.15) is 40.6 Å². The van der Waals surface area contributed by atoms with Crippen molar-refractivity contribution in [1.29, 1.82) is 0 Å². The molecule has 0 aliphatic carbocycles. The predicted molar refractivity (Wildman–Crippen MR) is 127 cm³/mol. The van der Waals surface area contributed by atoms with Gasteiger partial charge in [-0.2, -0.15) is 0 Å². The molecule has 0 aromatic heterocycles. The van der Waals surface area contributed by atoms with Crippen molar-refractivity contribution < 1.29 is 30.3 Å². The number of ether oxygens (including phenoxy) is 1. The largest absolute Gasteiger partial charge is 0.508 e. The van der Waals surface area contributed by atoms with Crippen LogP contribution in [0, 0.1) is 0 Å². The van der Waals surface area contributed by atoms with E-state index in [2.05, 4.69) is 0 Å². The van der Waals surface area contributed by atoms with Gasteiger partial charge in [-0.25, -0.2) is 0 Å². The van der Waals surface area contributed by atoms with E-state index >= 15 is 0 Å². The first-order valence-electron chi connectivity index (χ1n) is 11.0. The first-order chi connectivity index (χ1) is 16.4. The van der Waals surface area contributed by atoms with E-state index in [0.717, 1.165) is 22.3 Å². The zero-order valence-electron chi connectivity index (χ0n) is 18.2. The number of aryl methyl sites for hydroxylation is 2. The van der Waals surface area contributed by atoms with E-state index in [0.29, 0.717) is 24.2 Å². The molecule has 0 radical (unpaired) electrons. The Morgan fingerprint density at radius 3 is 1.79 bits per heavy atom. The lowest BCUT2D eigenvalue weighted by Crippen LogP contribution is -2.12. The van der Waals surface area contributed by atoms with E-state index in [1.54, 1.807) is 60.7 Å². The summed E-state index contributed by atoms with van der Waals surface area (Å²) in [4.78, 5) is 0. The third-order valence-corrected chi connectivity index (χ3v) is 6.21. The highest BCUT2D eigenvalue weighted by molar-refractivity contribution is 5.57. The molecule has 1 heterocycles. The Hall–Kier alpha value is -4.32. The van der Waals surface area contributed by atoms with Crippen LogP contribution in [0.4, 0.5) is 0 Å². The maximum absolute atomic E-state index is 10.4. The molecule has 4 aromatic rings. The van der Waals surface area contributed by atoms with Crippen LogP contribution in [0.5, 0.6) is 34.5 Å². The molecule has 4 aromatic carbocycles. The highest BCUT2D eigenvalue weighted by Crippen LogP contribution is 2.53. The van der Waals surface area contributed by atoms with Gasteiger partial charge in [-0.3, -0.25) is 0 Å². The van der Waals surface area contributed by atoms with Gasteiger partial charge in [0.05, 0.1) is 5.92 Å². The summed E-state index contributed by atoms with van der Waals surface area (Å²) in [5.41, 5.74) is 4.28. The van der Waals surface area contributed by atoms with Crippen molar-refractivity contribution in [3.8, 4) is 34.5 Å². The quantitative estimate of drug-likeness (QED) is 0.280. The molecule has 2 atom stereocenters. The third-order valence-electron chi connectivity index (χ3n) is 6.21. The van der Waals surface area contributed by atoms with Gasteiger partial charge in [0.25, 0.3) is 0 Å². The molecule has 0 bridgehead atoms. The molecule has 6 heteroatoms. The minimum atomic E-state index is -0.494. The topological polar surface area (TPSA) is 110 Å². The van der Waals surface area contributed by atoms with E-state index in [1.165, 1.54) is 6.07 Å². The van der Waals surface area contributed by atoms with Gasteiger partial charge >= 0.3 is 0 Å². The van der Waals surface area contributed by atoms with Crippen molar-refractivity contribution in [2.45, 2.75) is 24.9 Å². The summed E-state index contributed by atoms with van der Waals surface area (Å²) >= 11 is 0. The molecule has 0 fully saturated rings. The van der Waals surface area contributed by atoms with Crippen LogP contribution in [0.1, 0.15) is 39.8 Å². The van der Waals surface area contributed by atoms with Crippen molar-refractivity contribution in [2.75, 3.05) is 0 Å². The highest BCUT2D eigenvalue weighted by Gasteiger charge is 2.39. The van der Waals surface area contributed by atoms with Crippen LogP contribution in [0.2, 0.25) is 0 Å². The van der Waals surface area contributed by atoms with Crippen LogP contribution in [-0.2, 0) is 12.8 Å². The lowest BCUT2D eigenvalue weighted by Gasteiger charge is -2.22. The van der Waals surface area contributed by atoms with E-state index < -0.39 is 6.10 Å². The summed E-state index contributed by atoms with van der Waals surface area (Å²) < 4.78 is 6.33.